The molecule has 0 radical (unpaired) electrons. The lowest BCUT2D eigenvalue weighted by Gasteiger charge is -2.18. The molecule has 1 aromatic heterocycles. The fourth-order valence-electron chi connectivity index (χ4n) is 2.58. The summed E-state index contributed by atoms with van der Waals surface area (Å²) in [5, 5.41) is 24.9. The summed E-state index contributed by atoms with van der Waals surface area (Å²) in [6.07, 6.45) is 0.408. The fraction of sp³-hybridized carbons (Fsp3) is 0.389. The maximum absolute atomic E-state index is 11.7. The van der Waals surface area contributed by atoms with E-state index in [9.17, 15) is 19.8 Å². The molecule has 0 saturated heterocycles. The maximum atomic E-state index is 11.7. The topological polar surface area (TPSA) is 99.5 Å². The number of nitrogens with zero attached hydrogens (tertiary/aromatic N) is 1. The molecule has 0 amide bonds. The molecule has 27 heavy (non-hydrogen) atoms. The molecule has 2 aromatic rings. The van der Waals surface area contributed by atoms with E-state index in [1.54, 1.807) is 23.6 Å². The van der Waals surface area contributed by atoms with Crippen LogP contribution in [0.1, 0.15) is 31.9 Å². The van der Waals surface area contributed by atoms with Gasteiger partial charge in [0.15, 0.2) is 0 Å². The Balaban J connectivity index is 2.19. The number of aliphatic carboxylic acids is 2. The van der Waals surface area contributed by atoms with E-state index in [4.69, 9.17) is 23.2 Å². The summed E-state index contributed by atoms with van der Waals surface area (Å²) in [5.74, 6) is -2.86. The van der Waals surface area contributed by atoms with Gasteiger partial charge in [0.25, 0.3) is 0 Å². The molecular weight excluding hydrogens is 411 g/mol. The van der Waals surface area contributed by atoms with Crippen molar-refractivity contribution in [2.24, 2.45) is 5.92 Å². The van der Waals surface area contributed by atoms with Crippen LogP contribution in [0.15, 0.2) is 23.6 Å². The first-order valence-electron chi connectivity index (χ1n) is 8.28. The quantitative estimate of drug-likeness (QED) is 0.545. The first-order chi connectivity index (χ1) is 12.7. The van der Waals surface area contributed by atoms with E-state index in [0.717, 1.165) is 0 Å². The van der Waals surface area contributed by atoms with Gasteiger partial charge >= 0.3 is 11.9 Å². The number of rotatable bonds is 9. The predicted octanol–water partition coefficient (Wildman–Crippen LogP) is 4.37. The van der Waals surface area contributed by atoms with Crippen molar-refractivity contribution in [2.45, 2.75) is 32.2 Å². The standard InChI is InChI=1S/C18H20Cl2N2O4S/c1-9(2)3-14(18(25)26)21-7-13(17(23)24)15-8-27-16(22-15)10-4-11(19)6-12(20)5-10/h4-6,8-9,13-14,21H,3,7H2,1-2H3,(H,23,24)(H,25,26). The van der Waals surface area contributed by atoms with Gasteiger partial charge < -0.3 is 15.5 Å². The molecule has 2 rings (SSSR count). The Morgan fingerprint density at radius 3 is 2.30 bits per heavy atom. The molecule has 9 heteroatoms. The van der Waals surface area contributed by atoms with Crippen LogP contribution in [0.25, 0.3) is 10.6 Å². The molecule has 0 aliphatic carbocycles. The molecule has 1 aromatic carbocycles. The van der Waals surface area contributed by atoms with Crippen molar-refractivity contribution in [2.75, 3.05) is 6.54 Å². The first-order valence-corrected chi connectivity index (χ1v) is 9.91. The van der Waals surface area contributed by atoms with Crippen LogP contribution >= 0.6 is 34.5 Å². The zero-order valence-corrected chi connectivity index (χ0v) is 17.1. The highest BCUT2D eigenvalue weighted by Gasteiger charge is 2.26. The molecule has 6 nitrogen and oxygen atoms in total. The monoisotopic (exact) mass is 430 g/mol. The summed E-state index contributed by atoms with van der Waals surface area (Å²) in [6, 6.07) is 4.20. The number of nitrogens with one attached hydrogen (secondary N) is 1. The maximum Gasteiger partial charge on any atom is 0.320 e. The Morgan fingerprint density at radius 2 is 1.78 bits per heavy atom. The van der Waals surface area contributed by atoms with Crippen molar-refractivity contribution < 1.29 is 19.8 Å². The largest absolute Gasteiger partial charge is 0.481 e. The molecule has 0 bridgehead atoms. The van der Waals surface area contributed by atoms with E-state index in [-0.39, 0.29) is 12.5 Å². The summed E-state index contributed by atoms with van der Waals surface area (Å²) in [4.78, 5) is 27.5. The minimum absolute atomic E-state index is 0.0293. The Kier molecular flexibility index (Phi) is 7.61. The van der Waals surface area contributed by atoms with Crippen LogP contribution in [-0.4, -0.2) is 39.7 Å². The molecule has 0 aliphatic rings. The number of carboxylic acid groups (broad SMARTS) is 2. The van der Waals surface area contributed by atoms with Crippen LogP contribution in [0.4, 0.5) is 0 Å². The molecule has 2 atom stereocenters. The molecular formula is C18H20Cl2N2O4S. The molecule has 1 heterocycles. The Labute approximate surface area is 171 Å². The number of carboxylic acids is 2. The number of halogens is 2. The number of hydrogen-bond acceptors (Lipinski definition) is 5. The average molecular weight is 431 g/mol. The third-order valence-electron chi connectivity index (χ3n) is 3.86. The van der Waals surface area contributed by atoms with Crippen molar-refractivity contribution in [3.8, 4) is 10.6 Å². The Morgan fingerprint density at radius 1 is 1.15 bits per heavy atom. The van der Waals surface area contributed by atoms with E-state index in [0.29, 0.717) is 32.7 Å². The minimum atomic E-state index is -1.07. The molecule has 2 unspecified atom stereocenters. The molecule has 3 N–H and O–H groups in total. The van der Waals surface area contributed by atoms with Crippen LogP contribution in [0.3, 0.4) is 0 Å². The van der Waals surface area contributed by atoms with Gasteiger partial charge in [-0.2, -0.15) is 0 Å². The second-order valence-electron chi connectivity index (χ2n) is 6.56. The highest BCUT2D eigenvalue weighted by Crippen LogP contribution is 2.31. The van der Waals surface area contributed by atoms with Crippen molar-refractivity contribution in [1.82, 2.24) is 10.3 Å². The lowest BCUT2D eigenvalue weighted by Crippen LogP contribution is -2.41. The molecule has 0 aliphatic heterocycles. The van der Waals surface area contributed by atoms with Crippen LogP contribution < -0.4 is 5.32 Å². The van der Waals surface area contributed by atoms with Crippen LogP contribution in [0.2, 0.25) is 10.0 Å². The van der Waals surface area contributed by atoms with Gasteiger partial charge in [-0.1, -0.05) is 37.0 Å². The highest BCUT2D eigenvalue weighted by atomic mass is 35.5. The Hall–Kier alpha value is -1.67. The summed E-state index contributed by atoms with van der Waals surface area (Å²) in [5.41, 5.74) is 1.06. The number of thiazole rings is 1. The molecule has 0 saturated carbocycles. The minimum Gasteiger partial charge on any atom is -0.481 e. The van der Waals surface area contributed by atoms with Crippen LogP contribution in [-0.2, 0) is 9.59 Å². The van der Waals surface area contributed by atoms with Gasteiger partial charge in [0.05, 0.1) is 5.69 Å². The van der Waals surface area contributed by atoms with Gasteiger partial charge in [-0.25, -0.2) is 4.98 Å². The summed E-state index contributed by atoms with van der Waals surface area (Å²) >= 11 is 13.3. The lowest BCUT2D eigenvalue weighted by atomic mass is 10.0. The summed E-state index contributed by atoms with van der Waals surface area (Å²) in [6.45, 7) is 3.79. The summed E-state index contributed by atoms with van der Waals surface area (Å²) in [7, 11) is 0. The average Bonchev–Trinajstić information content (AvgIpc) is 3.02. The van der Waals surface area contributed by atoms with E-state index < -0.39 is 23.9 Å². The zero-order chi connectivity index (χ0) is 20.1. The number of carbonyl (C=O) groups is 2. The molecule has 0 spiro atoms. The van der Waals surface area contributed by atoms with Crippen molar-refractivity contribution in [3.05, 3.63) is 39.3 Å². The normalized spacial score (nSPS) is 13.5. The van der Waals surface area contributed by atoms with Gasteiger partial charge in [-0.3, -0.25) is 9.59 Å². The first kappa shape index (κ1) is 21.6. The lowest BCUT2D eigenvalue weighted by molar-refractivity contribution is -0.142. The third kappa shape index (κ3) is 6.17. The van der Waals surface area contributed by atoms with E-state index in [2.05, 4.69) is 10.3 Å². The van der Waals surface area contributed by atoms with Crippen LogP contribution in [0, 0.1) is 5.92 Å². The number of benzene rings is 1. The van der Waals surface area contributed by atoms with Crippen molar-refractivity contribution in [3.63, 3.8) is 0 Å². The second kappa shape index (κ2) is 9.50. The molecule has 0 fully saturated rings. The van der Waals surface area contributed by atoms with Gasteiger partial charge in [0.1, 0.15) is 17.0 Å². The van der Waals surface area contributed by atoms with Crippen molar-refractivity contribution in [1.29, 1.82) is 0 Å². The zero-order valence-electron chi connectivity index (χ0n) is 14.8. The van der Waals surface area contributed by atoms with E-state index in [1.807, 2.05) is 13.8 Å². The second-order valence-corrected chi connectivity index (χ2v) is 8.29. The molecule has 146 valence electrons. The Bertz CT molecular complexity index is 805. The fourth-order valence-corrected chi connectivity index (χ4v) is 3.96. The third-order valence-corrected chi connectivity index (χ3v) is 5.21. The van der Waals surface area contributed by atoms with E-state index in [1.165, 1.54) is 11.3 Å². The smallest absolute Gasteiger partial charge is 0.320 e. The van der Waals surface area contributed by atoms with Gasteiger partial charge in [0.2, 0.25) is 0 Å². The predicted molar refractivity (Wildman–Crippen MR) is 107 cm³/mol. The van der Waals surface area contributed by atoms with Gasteiger partial charge in [-0.15, -0.1) is 11.3 Å². The summed E-state index contributed by atoms with van der Waals surface area (Å²) < 4.78 is 0. The van der Waals surface area contributed by atoms with E-state index >= 15 is 0 Å². The highest BCUT2D eigenvalue weighted by molar-refractivity contribution is 7.13. The van der Waals surface area contributed by atoms with Gasteiger partial charge in [-0.05, 0) is 30.5 Å². The number of aromatic nitrogens is 1. The van der Waals surface area contributed by atoms with Crippen LogP contribution in [0.5, 0.6) is 0 Å². The van der Waals surface area contributed by atoms with Crippen molar-refractivity contribution >= 4 is 46.5 Å². The SMILES string of the molecule is CC(C)CC(NCC(C(=O)O)c1csc(-c2cc(Cl)cc(Cl)c2)n1)C(=O)O. The van der Waals surface area contributed by atoms with Gasteiger partial charge in [0, 0.05) is 27.5 Å². The number of hydrogen-bond donors (Lipinski definition) is 3.